The molecule has 144 valence electrons. The highest BCUT2D eigenvalue weighted by Gasteiger charge is 2.35. The first-order valence-corrected chi connectivity index (χ1v) is 9.86. The first-order chi connectivity index (χ1) is 13.7. The number of carbonyl (C=O) groups is 2. The summed E-state index contributed by atoms with van der Waals surface area (Å²) in [6.45, 7) is 0.685. The highest BCUT2D eigenvalue weighted by Crippen LogP contribution is 2.26. The summed E-state index contributed by atoms with van der Waals surface area (Å²) in [6.07, 6.45) is 2.46. The lowest BCUT2D eigenvalue weighted by molar-refractivity contribution is -0.120. The molecular formula is C20H19N3O4S. The summed E-state index contributed by atoms with van der Waals surface area (Å²) in [5.74, 6) is 0.387. The fourth-order valence-corrected chi connectivity index (χ4v) is 3.82. The Balaban J connectivity index is 1.36. The number of benzene rings is 1. The maximum atomic E-state index is 12.7. The lowest BCUT2D eigenvalue weighted by atomic mass is 10.2. The van der Waals surface area contributed by atoms with Crippen LogP contribution in [0.3, 0.4) is 0 Å². The van der Waals surface area contributed by atoms with Crippen LogP contribution in [-0.4, -0.2) is 34.5 Å². The summed E-state index contributed by atoms with van der Waals surface area (Å²) in [5, 5.41) is 5.09. The smallest absolute Gasteiger partial charge is 0.410 e. The lowest BCUT2D eigenvalue weighted by Gasteiger charge is -2.22. The fraction of sp³-hybridized carbons (Fsp3) is 0.250. The molecule has 4 rings (SSSR count). The van der Waals surface area contributed by atoms with E-state index in [2.05, 4.69) is 10.3 Å². The molecule has 3 aromatic rings. The van der Waals surface area contributed by atoms with Crippen LogP contribution in [0.2, 0.25) is 0 Å². The van der Waals surface area contributed by atoms with Crippen molar-refractivity contribution in [3.63, 3.8) is 0 Å². The molecular weight excluding hydrogens is 378 g/mol. The average molecular weight is 397 g/mol. The number of ether oxygens (including phenoxy) is 1. The second-order valence-electron chi connectivity index (χ2n) is 6.40. The Hall–Kier alpha value is -3.13. The predicted molar refractivity (Wildman–Crippen MR) is 105 cm³/mol. The zero-order chi connectivity index (χ0) is 19.3. The molecule has 28 heavy (non-hydrogen) atoms. The van der Waals surface area contributed by atoms with Crippen molar-refractivity contribution in [1.82, 2.24) is 9.88 Å². The number of aromatic nitrogens is 1. The molecule has 0 spiro atoms. The maximum Gasteiger partial charge on any atom is 0.410 e. The van der Waals surface area contributed by atoms with Gasteiger partial charge in [0.05, 0.1) is 6.26 Å². The van der Waals surface area contributed by atoms with E-state index < -0.39 is 12.1 Å². The van der Waals surface area contributed by atoms with Gasteiger partial charge in [-0.2, -0.15) is 0 Å². The minimum atomic E-state index is -0.556. The van der Waals surface area contributed by atoms with Crippen LogP contribution in [0.5, 0.6) is 0 Å². The van der Waals surface area contributed by atoms with Crippen LogP contribution in [0.15, 0.2) is 58.5 Å². The van der Waals surface area contributed by atoms with Gasteiger partial charge >= 0.3 is 6.09 Å². The van der Waals surface area contributed by atoms with Gasteiger partial charge in [-0.25, -0.2) is 9.78 Å². The molecule has 2 aromatic heterocycles. The second-order valence-corrected chi connectivity index (χ2v) is 7.25. The van der Waals surface area contributed by atoms with E-state index in [9.17, 15) is 9.59 Å². The number of nitrogens with one attached hydrogen (secondary N) is 1. The van der Waals surface area contributed by atoms with E-state index in [0.29, 0.717) is 29.6 Å². The van der Waals surface area contributed by atoms with Crippen LogP contribution in [0, 0.1) is 0 Å². The van der Waals surface area contributed by atoms with Gasteiger partial charge in [-0.05, 0) is 30.5 Å². The number of hydrogen-bond acceptors (Lipinski definition) is 6. The summed E-state index contributed by atoms with van der Waals surface area (Å²) < 4.78 is 10.7. The molecule has 1 aliphatic rings. The van der Waals surface area contributed by atoms with Crippen molar-refractivity contribution in [2.45, 2.75) is 25.5 Å². The van der Waals surface area contributed by atoms with E-state index in [4.69, 9.17) is 9.15 Å². The fourth-order valence-electron chi connectivity index (χ4n) is 3.12. The first-order valence-electron chi connectivity index (χ1n) is 8.98. The number of furan rings is 1. The van der Waals surface area contributed by atoms with Gasteiger partial charge in [0.25, 0.3) is 0 Å². The average Bonchev–Trinajstić information content (AvgIpc) is 3.47. The maximum absolute atomic E-state index is 12.7. The van der Waals surface area contributed by atoms with Gasteiger partial charge in [-0.1, -0.05) is 30.3 Å². The highest BCUT2D eigenvalue weighted by atomic mass is 32.1. The van der Waals surface area contributed by atoms with Crippen molar-refractivity contribution < 1.29 is 18.7 Å². The molecule has 1 atom stereocenters. The third-order valence-corrected chi connectivity index (χ3v) is 5.26. The molecule has 1 N–H and O–H groups in total. The predicted octanol–water partition coefficient (Wildman–Crippen LogP) is 4.14. The van der Waals surface area contributed by atoms with Crippen molar-refractivity contribution >= 4 is 28.5 Å². The molecule has 1 saturated heterocycles. The zero-order valence-corrected chi connectivity index (χ0v) is 15.9. The normalized spacial score (nSPS) is 16.1. The Kier molecular flexibility index (Phi) is 5.38. The number of carbonyl (C=O) groups excluding carboxylic acids is 2. The molecule has 1 aliphatic heterocycles. The molecule has 3 heterocycles. The van der Waals surface area contributed by atoms with E-state index in [1.54, 1.807) is 12.3 Å². The van der Waals surface area contributed by atoms with Gasteiger partial charge < -0.3 is 14.5 Å². The van der Waals surface area contributed by atoms with Gasteiger partial charge in [0.2, 0.25) is 5.91 Å². The van der Waals surface area contributed by atoms with Crippen molar-refractivity contribution in [1.29, 1.82) is 0 Å². The zero-order valence-electron chi connectivity index (χ0n) is 15.0. The number of hydrogen-bond donors (Lipinski definition) is 1. The van der Waals surface area contributed by atoms with Crippen LogP contribution in [0.1, 0.15) is 18.4 Å². The summed E-state index contributed by atoms with van der Waals surface area (Å²) >= 11 is 1.31. The van der Waals surface area contributed by atoms with E-state index >= 15 is 0 Å². The highest BCUT2D eigenvalue weighted by molar-refractivity contribution is 7.14. The Labute approximate surface area is 165 Å². The summed E-state index contributed by atoms with van der Waals surface area (Å²) in [6, 6.07) is 12.5. The molecule has 2 amide bonds. The third kappa shape index (κ3) is 4.07. The standard InChI is InChI=1S/C20H19N3O4S/c24-18(22-19-21-15(13-28-19)17-9-5-11-26-17)16-8-4-10-23(16)20(25)27-12-14-6-2-1-3-7-14/h1-3,5-7,9,11,13,16H,4,8,10,12H2,(H,21,22,24)/t16-/m1/s1. The van der Waals surface area contributed by atoms with E-state index in [1.807, 2.05) is 41.8 Å². The number of likely N-dealkylation sites (tertiary alicyclic amines) is 1. The minimum Gasteiger partial charge on any atom is -0.463 e. The first kappa shape index (κ1) is 18.2. The minimum absolute atomic E-state index is 0.184. The van der Waals surface area contributed by atoms with Gasteiger partial charge in [0.15, 0.2) is 10.9 Å². The van der Waals surface area contributed by atoms with Gasteiger partial charge in [0.1, 0.15) is 18.3 Å². The molecule has 1 aromatic carbocycles. The van der Waals surface area contributed by atoms with Crippen LogP contribution >= 0.6 is 11.3 Å². The number of thiazole rings is 1. The molecule has 7 nitrogen and oxygen atoms in total. The SMILES string of the molecule is O=C(Nc1nc(-c2ccco2)cs1)[C@H]1CCCN1C(=O)OCc1ccccc1. The molecule has 0 saturated carbocycles. The molecule has 0 bridgehead atoms. The summed E-state index contributed by atoms with van der Waals surface area (Å²) in [7, 11) is 0. The van der Waals surface area contributed by atoms with Crippen LogP contribution in [-0.2, 0) is 16.1 Å². The molecule has 8 heteroatoms. The molecule has 0 unspecified atom stereocenters. The van der Waals surface area contributed by atoms with Crippen molar-refractivity contribution in [3.05, 3.63) is 59.7 Å². The second kappa shape index (κ2) is 8.26. The van der Waals surface area contributed by atoms with Crippen molar-refractivity contribution in [2.75, 3.05) is 11.9 Å². The number of amides is 2. The Morgan fingerprint density at radius 1 is 1.25 bits per heavy atom. The van der Waals surface area contributed by atoms with Crippen LogP contribution < -0.4 is 5.32 Å². The van der Waals surface area contributed by atoms with Gasteiger partial charge in [-0.3, -0.25) is 9.69 Å². The topological polar surface area (TPSA) is 84.7 Å². The van der Waals surface area contributed by atoms with Gasteiger partial charge in [-0.15, -0.1) is 11.3 Å². The lowest BCUT2D eigenvalue weighted by Crippen LogP contribution is -2.43. The van der Waals surface area contributed by atoms with E-state index in [1.165, 1.54) is 16.2 Å². The third-order valence-electron chi connectivity index (χ3n) is 4.50. The van der Waals surface area contributed by atoms with Gasteiger partial charge in [0, 0.05) is 11.9 Å². The van der Waals surface area contributed by atoms with E-state index in [0.717, 1.165) is 12.0 Å². The summed E-state index contributed by atoms with van der Waals surface area (Å²) in [5.41, 5.74) is 1.57. The molecule has 0 aliphatic carbocycles. The van der Waals surface area contributed by atoms with Crippen molar-refractivity contribution in [3.8, 4) is 11.5 Å². The summed E-state index contributed by atoms with van der Waals surface area (Å²) in [4.78, 5) is 31.0. The van der Waals surface area contributed by atoms with Crippen LogP contribution in [0.25, 0.3) is 11.5 Å². The van der Waals surface area contributed by atoms with Crippen LogP contribution in [0.4, 0.5) is 9.93 Å². The Morgan fingerprint density at radius 3 is 2.89 bits per heavy atom. The quantitative estimate of drug-likeness (QED) is 0.699. The molecule has 1 fully saturated rings. The number of anilines is 1. The molecule has 0 radical (unpaired) electrons. The van der Waals surface area contributed by atoms with Crippen molar-refractivity contribution in [2.24, 2.45) is 0 Å². The monoisotopic (exact) mass is 397 g/mol. The Morgan fingerprint density at radius 2 is 2.11 bits per heavy atom. The largest absolute Gasteiger partial charge is 0.463 e. The number of nitrogens with zero attached hydrogens (tertiary/aromatic N) is 2. The number of rotatable bonds is 5. The van der Waals surface area contributed by atoms with E-state index in [-0.39, 0.29) is 12.5 Å². The Bertz CT molecular complexity index is 940.